The number of unbranched alkanes of at least 4 members (excludes halogenated alkanes) is 1. The maximum atomic E-state index is 12.8. The second-order valence-electron chi connectivity index (χ2n) is 6.44. The molecule has 1 saturated heterocycles. The van der Waals surface area contributed by atoms with Crippen LogP contribution in [0.5, 0.6) is 0 Å². The van der Waals surface area contributed by atoms with E-state index in [-0.39, 0.29) is 19.6 Å². The zero-order chi connectivity index (χ0) is 19.5. The van der Waals surface area contributed by atoms with Crippen molar-refractivity contribution in [2.45, 2.75) is 71.0 Å². The molecule has 3 amide bonds. The van der Waals surface area contributed by atoms with Gasteiger partial charge in [0.1, 0.15) is 11.2 Å². The molecular weight excluding hydrogens is 351 g/mol. The Hall–Kier alpha value is -0.990. The number of carbonyl (C=O) groups excluding carboxylic acids is 2. The molecule has 0 saturated carbocycles. The summed E-state index contributed by atoms with van der Waals surface area (Å²) in [6, 6.07) is -0.799. The molecule has 1 heterocycles. The van der Waals surface area contributed by atoms with Crippen LogP contribution in [0.15, 0.2) is 0 Å². The van der Waals surface area contributed by atoms with Crippen LogP contribution in [0.25, 0.3) is 0 Å². The SMILES string of the molecule is CCCCC(C(OCC)(OCC)N1C(=O)NC(C)(C)C1=O)P(=O)(O)O. The number of hydrogen-bond donors (Lipinski definition) is 3. The third-order valence-electron chi connectivity index (χ3n) is 4.03. The zero-order valence-corrected chi connectivity index (χ0v) is 16.3. The van der Waals surface area contributed by atoms with Gasteiger partial charge in [0.2, 0.25) is 0 Å². The van der Waals surface area contributed by atoms with Gasteiger partial charge in [-0.05, 0) is 34.1 Å². The molecule has 25 heavy (non-hydrogen) atoms. The molecule has 0 spiro atoms. The van der Waals surface area contributed by atoms with Crippen LogP contribution < -0.4 is 5.32 Å². The molecule has 0 aromatic heterocycles. The highest BCUT2D eigenvalue weighted by molar-refractivity contribution is 7.52. The van der Waals surface area contributed by atoms with Gasteiger partial charge in [-0.25, -0.2) is 9.69 Å². The summed E-state index contributed by atoms with van der Waals surface area (Å²) in [4.78, 5) is 45.8. The molecule has 0 radical (unpaired) electrons. The third kappa shape index (κ3) is 4.41. The highest BCUT2D eigenvalue weighted by Crippen LogP contribution is 2.52. The summed E-state index contributed by atoms with van der Waals surface area (Å²) in [6.45, 7) is 8.10. The number of imide groups is 1. The Morgan fingerprint density at radius 2 is 1.72 bits per heavy atom. The van der Waals surface area contributed by atoms with Gasteiger partial charge in [0.15, 0.2) is 0 Å². The van der Waals surface area contributed by atoms with E-state index in [0.717, 1.165) is 0 Å². The van der Waals surface area contributed by atoms with Gasteiger partial charge in [0.25, 0.3) is 11.8 Å². The first-order valence-electron chi connectivity index (χ1n) is 8.47. The molecule has 10 heteroatoms. The van der Waals surface area contributed by atoms with E-state index in [9.17, 15) is 23.9 Å². The van der Waals surface area contributed by atoms with Crippen LogP contribution in [0.3, 0.4) is 0 Å². The molecule has 0 aromatic carbocycles. The molecule has 0 bridgehead atoms. The lowest BCUT2D eigenvalue weighted by Gasteiger charge is -2.43. The van der Waals surface area contributed by atoms with Gasteiger partial charge in [-0.3, -0.25) is 9.36 Å². The Bertz CT molecular complexity index is 540. The van der Waals surface area contributed by atoms with E-state index in [4.69, 9.17) is 9.47 Å². The fourth-order valence-electron chi connectivity index (χ4n) is 2.92. The lowest BCUT2D eigenvalue weighted by Crippen LogP contribution is -2.63. The minimum atomic E-state index is -4.76. The lowest BCUT2D eigenvalue weighted by atomic mass is 10.1. The lowest BCUT2D eigenvalue weighted by molar-refractivity contribution is -0.293. The van der Waals surface area contributed by atoms with Crippen molar-refractivity contribution in [1.29, 1.82) is 0 Å². The van der Waals surface area contributed by atoms with Crippen molar-refractivity contribution in [3.8, 4) is 0 Å². The van der Waals surface area contributed by atoms with Crippen LogP contribution in [0.2, 0.25) is 0 Å². The molecule has 1 unspecified atom stereocenters. The summed E-state index contributed by atoms with van der Waals surface area (Å²) in [5.74, 6) is -2.82. The number of nitrogens with one attached hydrogen (secondary N) is 1. The molecule has 146 valence electrons. The number of rotatable bonds is 10. The van der Waals surface area contributed by atoms with Gasteiger partial charge in [-0.15, -0.1) is 0 Å². The number of carbonyl (C=O) groups is 2. The first-order chi connectivity index (χ1) is 11.5. The Labute approximate surface area is 148 Å². The Balaban J connectivity index is 3.54. The molecule has 1 fully saturated rings. The molecule has 1 aliphatic rings. The van der Waals surface area contributed by atoms with Crippen molar-refractivity contribution in [2.75, 3.05) is 13.2 Å². The van der Waals surface area contributed by atoms with Gasteiger partial charge >= 0.3 is 13.6 Å². The number of nitrogens with zero attached hydrogens (tertiary/aromatic N) is 1. The first-order valence-corrected chi connectivity index (χ1v) is 10.2. The predicted octanol–water partition coefficient (Wildman–Crippen LogP) is 1.78. The molecule has 3 N–H and O–H groups in total. The van der Waals surface area contributed by atoms with Crippen molar-refractivity contribution >= 4 is 19.5 Å². The molecule has 0 aliphatic carbocycles. The molecule has 1 atom stereocenters. The Kier molecular flexibility index (Phi) is 7.18. The normalized spacial score (nSPS) is 19.2. The third-order valence-corrected chi connectivity index (χ3v) is 5.43. The summed E-state index contributed by atoms with van der Waals surface area (Å²) < 4.78 is 23.4. The fourth-order valence-corrected chi connectivity index (χ4v) is 4.13. The summed E-state index contributed by atoms with van der Waals surface area (Å²) in [5, 5.41) is 2.50. The highest BCUT2D eigenvalue weighted by Gasteiger charge is 2.62. The average molecular weight is 380 g/mol. The molecule has 0 aromatic rings. The van der Waals surface area contributed by atoms with E-state index >= 15 is 0 Å². The van der Waals surface area contributed by atoms with Crippen molar-refractivity contribution in [3.63, 3.8) is 0 Å². The quantitative estimate of drug-likeness (QED) is 0.300. The highest BCUT2D eigenvalue weighted by atomic mass is 31.2. The van der Waals surface area contributed by atoms with Crippen LogP contribution in [-0.4, -0.2) is 56.9 Å². The largest absolute Gasteiger partial charge is 0.336 e. The Morgan fingerprint density at radius 1 is 1.20 bits per heavy atom. The van der Waals surface area contributed by atoms with Crippen LogP contribution in [-0.2, 0) is 18.8 Å². The Morgan fingerprint density at radius 3 is 2.04 bits per heavy atom. The molecule has 1 rings (SSSR count). The van der Waals surface area contributed by atoms with Crippen LogP contribution in [0.4, 0.5) is 4.79 Å². The summed E-state index contributed by atoms with van der Waals surface area (Å²) in [5.41, 5.74) is -2.70. The van der Waals surface area contributed by atoms with E-state index in [1.165, 1.54) is 13.8 Å². The molecular formula is C15H29N2O7P. The number of hydrogen-bond acceptors (Lipinski definition) is 5. The second-order valence-corrected chi connectivity index (χ2v) is 8.24. The second kappa shape index (κ2) is 8.14. The van der Waals surface area contributed by atoms with Gasteiger partial charge < -0.3 is 24.6 Å². The van der Waals surface area contributed by atoms with E-state index in [2.05, 4.69) is 5.32 Å². The topological polar surface area (TPSA) is 125 Å². The summed E-state index contributed by atoms with van der Waals surface area (Å²) >= 11 is 0. The fraction of sp³-hybridized carbons (Fsp3) is 0.867. The van der Waals surface area contributed by atoms with E-state index < -0.39 is 36.6 Å². The zero-order valence-electron chi connectivity index (χ0n) is 15.4. The summed E-state index contributed by atoms with van der Waals surface area (Å²) in [6.07, 6.45) is 1.19. The minimum absolute atomic E-state index is 0.000113. The smallest absolute Gasteiger partial charge is 0.332 e. The maximum absolute atomic E-state index is 12.8. The number of ether oxygens (including phenoxy) is 2. The van der Waals surface area contributed by atoms with Crippen molar-refractivity contribution in [1.82, 2.24) is 10.2 Å². The number of amides is 3. The maximum Gasteiger partial charge on any atom is 0.336 e. The van der Waals surface area contributed by atoms with E-state index in [1.54, 1.807) is 13.8 Å². The molecule has 1 aliphatic heterocycles. The van der Waals surface area contributed by atoms with Crippen molar-refractivity contribution in [3.05, 3.63) is 0 Å². The number of urea groups is 1. The van der Waals surface area contributed by atoms with Crippen LogP contribution in [0, 0.1) is 0 Å². The monoisotopic (exact) mass is 380 g/mol. The van der Waals surface area contributed by atoms with Crippen molar-refractivity contribution in [2.24, 2.45) is 0 Å². The van der Waals surface area contributed by atoms with Gasteiger partial charge in [0, 0.05) is 13.2 Å². The van der Waals surface area contributed by atoms with Crippen LogP contribution in [0.1, 0.15) is 53.9 Å². The van der Waals surface area contributed by atoms with Crippen molar-refractivity contribution < 1.29 is 33.4 Å². The van der Waals surface area contributed by atoms with Gasteiger partial charge in [-0.1, -0.05) is 19.8 Å². The van der Waals surface area contributed by atoms with Gasteiger partial charge in [-0.2, -0.15) is 0 Å². The molecule has 9 nitrogen and oxygen atoms in total. The van der Waals surface area contributed by atoms with Crippen LogP contribution >= 0.6 is 7.60 Å². The van der Waals surface area contributed by atoms with Gasteiger partial charge in [0.05, 0.1) is 0 Å². The average Bonchev–Trinajstić information content (AvgIpc) is 2.66. The first kappa shape index (κ1) is 22.1. The predicted molar refractivity (Wildman–Crippen MR) is 90.8 cm³/mol. The minimum Gasteiger partial charge on any atom is -0.332 e. The van der Waals surface area contributed by atoms with E-state index in [0.29, 0.717) is 17.7 Å². The summed E-state index contributed by atoms with van der Waals surface area (Å²) in [7, 11) is -4.76. The standard InChI is InChI=1S/C15H29N2O7P/c1-6-9-10-11(25(20,21)22)15(23-7-2,24-8-3)17-12(18)14(4,5)16-13(17)19/h11H,6-10H2,1-5H3,(H,16,19)(H2,20,21,22). The van der Waals surface area contributed by atoms with E-state index in [1.807, 2.05) is 6.92 Å².